The molecule has 3 aromatic rings. The molecule has 0 atom stereocenters. The number of nitrogens with zero attached hydrogens (tertiary/aromatic N) is 2. The van der Waals surface area contributed by atoms with E-state index in [9.17, 15) is 0 Å². The van der Waals surface area contributed by atoms with Crippen molar-refractivity contribution in [3.05, 3.63) is 42.2 Å². The van der Waals surface area contributed by atoms with E-state index in [1.165, 1.54) is 0 Å². The molecule has 0 unspecified atom stereocenters. The van der Waals surface area contributed by atoms with Crippen LogP contribution in [0.3, 0.4) is 0 Å². The van der Waals surface area contributed by atoms with Crippen molar-refractivity contribution >= 4 is 21.6 Å². The van der Waals surface area contributed by atoms with Crippen molar-refractivity contribution in [2.45, 2.75) is 6.92 Å². The summed E-state index contributed by atoms with van der Waals surface area (Å²) < 4.78 is 6.36. The van der Waals surface area contributed by atoms with Gasteiger partial charge in [0.05, 0.1) is 17.3 Å². The average molecular weight is 256 g/mol. The predicted octanol–water partition coefficient (Wildman–Crippen LogP) is 3.68. The van der Waals surface area contributed by atoms with Gasteiger partial charge in [0.1, 0.15) is 10.8 Å². The van der Waals surface area contributed by atoms with Gasteiger partial charge < -0.3 is 4.74 Å². The molecule has 0 bridgehead atoms. The molecule has 0 spiro atoms. The molecule has 90 valence electrons. The molecule has 18 heavy (non-hydrogen) atoms. The minimum absolute atomic E-state index is 0.864. The second-order valence-electron chi connectivity index (χ2n) is 4.04. The molecule has 1 aromatic carbocycles. The Bertz CT molecular complexity index is 706. The van der Waals surface area contributed by atoms with E-state index in [2.05, 4.69) is 16.0 Å². The topological polar surface area (TPSA) is 35.0 Å². The third kappa shape index (κ3) is 1.95. The lowest BCUT2D eigenvalue weighted by molar-refractivity contribution is 0.415. The van der Waals surface area contributed by atoms with E-state index in [0.29, 0.717) is 0 Å². The molecule has 0 saturated carbocycles. The number of aryl methyl sites for hydroxylation is 1. The monoisotopic (exact) mass is 256 g/mol. The second kappa shape index (κ2) is 4.38. The Kier molecular flexibility index (Phi) is 2.72. The van der Waals surface area contributed by atoms with Crippen molar-refractivity contribution in [1.29, 1.82) is 0 Å². The summed E-state index contributed by atoms with van der Waals surface area (Å²) >= 11 is 1.67. The van der Waals surface area contributed by atoms with Gasteiger partial charge in [-0.2, -0.15) is 0 Å². The van der Waals surface area contributed by atoms with Crippen LogP contribution in [0.2, 0.25) is 0 Å². The van der Waals surface area contributed by atoms with Gasteiger partial charge in [-0.3, -0.25) is 4.98 Å². The number of pyridine rings is 1. The highest BCUT2D eigenvalue weighted by Crippen LogP contribution is 2.32. The largest absolute Gasteiger partial charge is 0.497 e. The Labute approximate surface area is 109 Å². The standard InChI is InChI=1S/C14H12N2OS/c1-9-7-10(5-6-15-9)14-16-12-4-3-11(17-2)8-13(12)18-14/h3-8H,1-2H3. The van der Waals surface area contributed by atoms with Gasteiger partial charge in [-0.25, -0.2) is 4.98 Å². The van der Waals surface area contributed by atoms with Crippen LogP contribution in [0.5, 0.6) is 5.75 Å². The SMILES string of the molecule is COc1ccc2nc(-c3ccnc(C)c3)sc2c1. The molecule has 0 N–H and O–H groups in total. The lowest BCUT2D eigenvalue weighted by Crippen LogP contribution is -1.81. The maximum absolute atomic E-state index is 5.23. The summed E-state index contributed by atoms with van der Waals surface area (Å²) in [5, 5.41) is 1.02. The van der Waals surface area contributed by atoms with Gasteiger partial charge in [0.25, 0.3) is 0 Å². The van der Waals surface area contributed by atoms with Crippen LogP contribution in [0.15, 0.2) is 36.5 Å². The third-order valence-corrected chi connectivity index (χ3v) is 3.81. The molecule has 0 radical (unpaired) electrons. The first kappa shape index (κ1) is 11.2. The molecule has 4 heteroatoms. The summed E-state index contributed by atoms with van der Waals surface area (Å²) in [5.74, 6) is 0.864. The van der Waals surface area contributed by atoms with Gasteiger partial charge in [0.2, 0.25) is 0 Å². The molecular weight excluding hydrogens is 244 g/mol. The van der Waals surface area contributed by atoms with E-state index in [0.717, 1.165) is 32.2 Å². The molecule has 2 aromatic heterocycles. The number of ether oxygens (including phenoxy) is 1. The quantitative estimate of drug-likeness (QED) is 0.701. The van der Waals surface area contributed by atoms with Crippen molar-refractivity contribution < 1.29 is 4.74 Å². The van der Waals surface area contributed by atoms with Crippen LogP contribution in [0, 0.1) is 6.92 Å². The van der Waals surface area contributed by atoms with E-state index in [4.69, 9.17) is 4.74 Å². The van der Waals surface area contributed by atoms with Crippen LogP contribution in [0.4, 0.5) is 0 Å². The molecule has 0 amide bonds. The average Bonchev–Trinajstić information content (AvgIpc) is 2.81. The molecule has 0 fully saturated rings. The van der Waals surface area contributed by atoms with Crippen molar-refractivity contribution in [1.82, 2.24) is 9.97 Å². The van der Waals surface area contributed by atoms with Crippen molar-refractivity contribution in [3.8, 4) is 16.3 Å². The number of thiazole rings is 1. The minimum atomic E-state index is 0.864. The molecule has 0 aliphatic heterocycles. The molecular formula is C14H12N2OS. The summed E-state index contributed by atoms with van der Waals surface area (Å²) in [6.07, 6.45) is 1.82. The Balaban J connectivity index is 2.13. The lowest BCUT2D eigenvalue weighted by Gasteiger charge is -1.96. The Morgan fingerprint density at radius 3 is 2.83 bits per heavy atom. The summed E-state index contributed by atoms with van der Waals surface area (Å²) in [4.78, 5) is 8.84. The maximum Gasteiger partial charge on any atom is 0.124 e. The van der Waals surface area contributed by atoms with Crippen molar-refractivity contribution in [3.63, 3.8) is 0 Å². The molecule has 3 rings (SSSR count). The van der Waals surface area contributed by atoms with Crippen LogP contribution in [-0.4, -0.2) is 17.1 Å². The van der Waals surface area contributed by atoms with Gasteiger partial charge in [-0.05, 0) is 37.3 Å². The number of hydrogen-bond donors (Lipinski definition) is 0. The van der Waals surface area contributed by atoms with Crippen LogP contribution in [0.25, 0.3) is 20.8 Å². The highest BCUT2D eigenvalue weighted by atomic mass is 32.1. The zero-order valence-corrected chi connectivity index (χ0v) is 11.0. The second-order valence-corrected chi connectivity index (χ2v) is 5.07. The highest BCUT2D eigenvalue weighted by Gasteiger charge is 2.07. The predicted molar refractivity (Wildman–Crippen MR) is 74.1 cm³/mol. The van der Waals surface area contributed by atoms with Crippen LogP contribution in [0.1, 0.15) is 5.69 Å². The fraction of sp³-hybridized carbons (Fsp3) is 0.143. The molecule has 3 nitrogen and oxygen atoms in total. The minimum Gasteiger partial charge on any atom is -0.497 e. The van der Waals surface area contributed by atoms with Crippen molar-refractivity contribution in [2.24, 2.45) is 0 Å². The normalized spacial score (nSPS) is 10.8. The zero-order chi connectivity index (χ0) is 12.5. The molecule has 0 saturated heterocycles. The smallest absolute Gasteiger partial charge is 0.124 e. The fourth-order valence-corrected chi connectivity index (χ4v) is 2.82. The Hall–Kier alpha value is -1.94. The number of aromatic nitrogens is 2. The maximum atomic E-state index is 5.23. The van der Waals surface area contributed by atoms with E-state index < -0.39 is 0 Å². The van der Waals surface area contributed by atoms with Crippen LogP contribution < -0.4 is 4.74 Å². The van der Waals surface area contributed by atoms with Gasteiger partial charge in [-0.15, -0.1) is 11.3 Å². The van der Waals surface area contributed by atoms with E-state index >= 15 is 0 Å². The summed E-state index contributed by atoms with van der Waals surface area (Å²) in [7, 11) is 1.68. The number of hydrogen-bond acceptors (Lipinski definition) is 4. The summed E-state index contributed by atoms with van der Waals surface area (Å²) in [5.41, 5.74) is 3.12. The first-order chi connectivity index (χ1) is 8.76. The summed E-state index contributed by atoms with van der Waals surface area (Å²) in [6.45, 7) is 1.99. The molecule has 0 aliphatic rings. The van der Waals surface area contributed by atoms with Crippen molar-refractivity contribution in [2.75, 3.05) is 7.11 Å². The summed E-state index contributed by atoms with van der Waals surface area (Å²) in [6, 6.07) is 9.98. The first-order valence-electron chi connectivity index (χ1n) is 5.64. The van der Waals surface area contributed by atoms with Crippen LogP contribution in [-0.2, 0) is 0 Å². The Morgan fingerprint density at radius 2 is 2.06 bits per heavy atom. The lowest BCUT2D eigenvalue weighted by atomic mass is 10.2. The first-order valence-corrected chi connectivity index (χ1v) is 6.45. The number of fused-ring (bicyclic) bond motifs is 1. The molecule has 0 aliphatic carbocycles. The zero-order valence-electron chi connectivity index (χ0n) is 10.2. The number of methoxy groups -OCH3 is 1. The fourth-order valence-electron chi connectivity index (χ4n) is 1.83. The van der Waals surface area contributed by atoms with E-state index in [1.807, 2.05) is 37.4 Å². The van der Waals surface area contributed by atoms with Gasteiger partial charge in [0.15, 0.2) is 0 Å². The Morgan fingerprint density at radius 1 is 1.17 bits per heavy atom. The number of rotatable bonds is 2. The van der Waals surface area contributed by atoms with Gasteiger partial charge in [-0.1, -0.05) is 0 Å². The van der Waals surface area contributed by atoms with E-state index in [-0.39, 0.29) is 0 Å². The van der Waals surface area contributed by atoms with E-state index in [1.54, 1.807) is 18.4 Å². The van der Waals surface area contributed by atoms with Crippen LogP contribution >= 0.6 is 11.3 Å². The van der Waals surface area contributed by atoms with Gasteiger partial charge in [0, 0.05) is 17.5 Å². The van der Waals surface area contributed by atoms with Gasteiger partial charge >= 0.3 is 0 Å². The number of benzene rings is 1. The third-order valence-electron chi connectivity index (χ3n) is 2.74. The highest BCUT2D eigenvalue weighted by molar-refractivity contribution is 7.21. The molecule has 2 heterocycles.